The molecule has 1 nitrogen and oxygen atoms in total. The highest BCUT2D eigenvalue weighted by atomic mass is 35.5. The molecule has 2 rings (SSSR count). The molecular formula is C15H16ClN. The first-order valence-electron chi connectivity index (χ1n) is 5.36. The topological polar surface area (TPSA) is 26.0 Å². The second-order valence-corrected chi connectivity index (χ2v) is 3.77. The van der Waals surface area contributed by atoms with Crippen molar-refractivity contribution in [1.82, 2.24) is 0 Å². The van der Waals surface area contributed by atoms with E-state index >= 15 is 0 Å². The zero-order chi connectivity index (χ0) is 11.4. The fraction of sp³-hybridized carbons (Fsp3) is 0.0667. The van der Waals surface area contributed by atoms with E-state index in [2.05, 4.69) is 19.1 Å². The second-order valence-electron chi connectivity index (χ2n) is 3.77. The molecule has 0 saturated carbocycles. The smallest absolute Gasteiger partial charge is 0.0423 e. The first-order valence-corrected chi connectivity index (χ1v) is 5.36. The number of allylic oxidation sites excluding steroid dienone is 1. The monoisotopic (exact) mass is 245 g/mol. The van der Waals surface area contributed by atoms with Gasteiger partial charge in [0.1, 0.15) is 0 Å². The largest absolute Gasteiger partial charge is 0.398 e. The molecule has 2 heteroatoms. The van der Waals surface area contributed by atoms with Crippen molar-refractivity contribution >= 4 is 23.7 Å². The normalized spacial score (nSPS) is 11.4. The van der Waals surface area contributed by atoms with E-state index in [1.807, 2.05) is 48.5 Å². The van der Waals surface area contributed by atoms with Gasteiger partial charge in [0, 0.05) is 5.70 Å². The second kappa shape index (κ2) is 6.12. The lowest BCUT2D eigenvalue weighted by molar-refractivity contribution is 1.48. The third kappa shape index (κ3) is 3.11. The molecule has 0 aromatic heterocycles. The van der Waals surface area contributed by atoms with Crippen LogP contribution in [0.3, 0.4) is 0 Å². The molecule has 0 bridgehead atoms. The van der Waals surface area contributed by atoms with E-state index in [1.165, 1.54) is 5.56 Å². The molecule has 0 unspecified atom stereocenters. The number of benzene rings is 2. The highest BCUT2D eigenvalue weighted by molar-refractivity contribution is 5.88. The Bertz CT molecular complexity index is 441. The molecule has 0 aliphatic rings. The molecule has 17 heavy (non-hydrogen) atoms. The van der Waals surface area contributed by atoms with Gasteiger partial charge in [-0.2, -0.15) is 0 Å². The van der Waals surface area contributed by atoms with E-state index in [4.69, 9.17) is 5.73 Å². The maximum absolute atomic E-state index is 6.15. The van der Waals surface area contributed by atoms with Gasteiger partial charge in [0.05, 0.1) is 0 Å². The first-order chi connectivity index (χ1) is 7.79. The van der Waals surface area contributed by atoms with Crippen molar-refractivity contribution in [3.05, 3.63) is 71.8 Å². The zero-order valence-corrected chi connectivity index (χ0v) is 10.6. The fourth-order valence-electron chi connectivity index (χ4n) is 1.68. The van der Waals surface area contributed by atoms with Crippen molar-refractivity contribution in [2.24, 2.45) is 5.73 Å². The molecular weight excluding hydrogens is 230 g/mol. The Balaban J connectivity index is 0.00000144. The SMILES string of the molecule is C/C(=C(\N)c1ccccc1)c1ccccc1.Cl. The van der Waals surface area contributed by atoms with E-state index < -0.39 is 0 Å². The lowest BCUT2D eigenvalue weighted by atomic mass is 10.0. The number of hydrogen-bond acceptors (Lipinski definition) is 1. The van der Waals surface area contributed by atoms with Gasteiger partial charge in [-0.25, -0.2) is 0 Å². The first kappa shape index (κ1) is 13.3. The van der Waals surface area contributed by atoms with Gasteiger partial charge in [0.2, 0.25) is 0 Å². The molecule has 0 aliphatic carbocycles. The van der Waals surface area contributed by atoms with E-state index in [9.17, 15) is 0 Å². The molecule has 2 aromatic rings. The van der Waals surface area contributed by atoms with Crippen molar-refractivity contribution in [3.8, 4) is 0 Å². The van der Waals surface area contributed by atoms with Gasteiger partial charge < -0.3 is 5.73 Å². The maximum atomic E-state index is 6.15. The summed E-state index contributed by atoms with van der Waals surface area (Å²) in [7, 11) is 0. The van der Waals surface area contributed by atoms with E-state index in [0.29, 0.717) is 0 Å². The maximum Gasteiger partial charge on any atom is 0.0423 e. The molecule has 0 atom stereocenters. The third-order valence-electron chi connectivity index (χ3n) is 2.70. The van der Waals surface area contributed by atoms with Crippen LogP contribution in [0.2, 0.25) is 0 Å². The Labute approximate surface area is 108 Å². The van der Waals surface area contributed by atoms with Crippen molar-refractivity contribution in [3.63, 3.8) is 0 Å². The minimum atomic E-state index is 0. The summed E-state index contributed by atoms with van der Waals surface area (Å²) in [6.45, 7) is 2.05. The summed E-state index contributed by atoms with van der Waals surface area (Å²) >= 11 is 0. The predicted octanol–water partition coefficient (Wildman–Crippen LogP) is 3.96. The van der Waals surface area contributed by atoms with Crippen LogP contribution >= 0.6 is 12.4 Å². The van der Waals surface area contributed by atoms with E-state index in [0.717, 1.165) is 16.8 Å². The summed E-state index contributed by atoms with van der Waals surface area (Å²) in [5.74, 6) is 0. The molecule has 0 aliphatic heterocycles. The predicted molar refractivity (Wildman–Crippen MR) is 76.8 cm³/mol. The van der Waals surface area contributed by atoms with E-state index in [1.54, 1.807) is 0 Å². The Hall–Kier alpha value is -1.73. The summed E-state index contributed by atoms with van der Waals surface area (Å²) in [4.78, 5) is 0. The molecule has 0 fully saturated rings. The van der Waals surface area contributed by atoms with Crippen LogP contribution in [0.4, 0.5) is 0 Å². The Morgan fingerprint density at radius 1 is 0.765 bits per heavy atom. The van der Waals surface area contributed by atoms with Gasteiger partial charge >= 0.3 is 0 Å². The van der Waals surface area contributed by atoms with Crippen LogP contribution in [0.15, 0.2) is 60.7 Å². The number of halogens is 1. The third-order valence-corrected chi connectivity index (χ3v) is 2.70. The minimum Gasteiger partial charge on any atom is -0.398 e. The summed E-state index contributed by atoms with van der Waals surface area (Å²) in [5.41, 5.74) is 10.4. The van der Waals surface area contributed by atoms with E-state index in [-0.39, 0.29) is 12.4 Å². The average molecular weight is 246 g/mol. The Morgan fingerprint density at radius 3 is 1.65 bits per heavy atom. The molecule has 2 N–H and O–H groups in total. The average Bonchev–Trinajstić information content (AvgIpc) is 2.39. The van der Waals surface area contributed by atoms with Crippen molar-refractivity contribution in [2.75, 3.05) is 0 Å². The number of hydrogen-bond donors (Lipinski definition) is 1. The van der Waals surface area contributed by atoms with Crippen LogP contribution in [-0.2, 0) is 0 Å². The summed E-state index contributed by atoms with van der Waals surface area (Å²) in [6, 6.07) is 20.3. The van der Waals surface area contributed by atoms with Crippen LogP contribution in [0, 0.1) is 0 Å². The van der Waals surface area contributed by atoms with Crippen molar-refractivity contribution < 1.29 is 0 Å². The van der Waals surface area contributed by atoms with Gasteiger partial charge in [0.25, 0.3) is 0 Å². The standard InChI is InChI=1S/C15H15N.ClH/c1-12(13-8-4-2-5-9-13)15(16)14-10-6-3-7-11-14;/h2-11H,16H2,1H3;1H/b15-12+;. The molecule has 0 radical (unpaired) electrons. The highest BCUT2D eigenvalue weighted by Gasteiger charge is 2.02. The van der Waals surface area contributed by atoms with Gasteiger partial charge in [-0.15, -0.1) is 12.4 Å². The van der Waals surface area contributed by atoms with Crippen molar-refractivity contribution in [1.29, 1.82) is 0 Å². The van der Waals surface area contributed by atoms with Crippen LogP contribution in [0.25, 0.3) is 11.3 Å². The summed E-state index contributed by atoms with van der Waals surface area (Å²) < 4.78 is 0. The molecule has 0 heterocycles. The minimum absolute atomic E-state index is 0. The van der Waals surface area contributed by atoms with Crippen LogP contribution in [0.5, 0.6) is 0 Å². The number of nitrogens with two attached hydrogens (primary N) is 1. The van der Waals surface area contributed by atoms with Crippen molar-refractivity contribution in [2.45, 2.75) is 6.92 Å². The fourth-order valence-corrected chi connectivity index (χ4v) is 1.68. The quantitative estimate of drug-likeness (QED) is 0.797. The molecule has 88 valence electrons. The Kier molecular flexibility index (Phi) is 4.80. The number of rotatable bonds is 2. The summed E-state index contributed by atoms with van der Waals surface area (Å²) in [5, 5.41) is 0. The van der Waals surface area contributed by atoms with Gasteiger partial charge in [-0.05, 0) is 23.6 Å². The molecule has 0 saturated heterocycles. The molecule has 2 aromatic carbocycles. The lowest BCUT2D eigenvalue weighted by Crippen LogP contribution is -1.99. The summed E-state index contributed by atoms with van der Waals surface area (Å²) in [6.07, 6.45) is 0. The van der Waals surface area contributed by atoms with Gasteiger partial charge in [0.15, 0.2) is 0 Å². The van der Waals surface area contributed by atoms with Crippen LogP contribution < -0.4 is 5.73 Å². The highest BCUT2D eigenvalue weighted by Crippen LogP contribution is 2.21. The van der Waals surface area contributed by atoms with Gasteiger partial charge in [-0.3, -0.25) is 0 Å². The Morgan fingerprint density at radius 2 is 1.18 bits per heavy atom. The van der Waals surface area contributed by atoms with Crippen LogP contribution in [0.1, 0.15) is 18.1 Å². The molecule has 0 amide bonds. The van der Waals surface area contributed by atoms with Crippen LogP contribution in [-0.4, -0.2) is 0 Å². The molecule has 0 spiro atoms. The lowest BCUT2D eigenvalue weighted by Gasteiger charge is -2.08. The zero-order valence-electron chi connectivity index (χ0n) is 9.76. The van der Waals surface area contributed by atoms with Gasteiger partial charge in [-0.1, -0.05) is 60.7 Å².